The summed E-state index contributed by atoms with van der Waals surface area (Å²) in [4.78, 5) is 4.12. The first-order valence-corrected chi connectivity index (χ1v) is 5.81. The number of benzene rings is 1. The van der Waals surface area contributed by atoms with Crippen LogP contribution < -0.4 is 11.1 Å². The number of aromatic nitrogens is 1. The summed E-state index contributed by atoms with van der Waals surface area (Å²) in [5, 5.41) is 3.09. The van der Waals surface area contributed by atoms with Gasteiger partial charge in [0.1, 0.15) is 17.5 Å². The fourth-order valence-corrected chi connectivity index (χ4v) is 1.78. The number of rotatable bonds is 2. The number of anilines is 3. The van der Waals surface area contributed by atoms with Gasteiger partial charge < -0.3 is 11.1 Å². The molecule has 88 valence electrons. The van der Waals surface area contributed by atoms with Gasteiger partial charge in [-0.05, 0) is 52.7 Å². The summed E-state index contributed by atoms with van der Waals surface area (Å²) in [5.74, 6) is 0.786. The van der Waals surface area contributed by atoms with E-state index in [0.29, 0.717) is 16.1 Å². The van der Waals surface area contributed by atoms with E-state index in [2.05, 4.69) is 26.2 Å². The molecule has 17 heavy (non-hydrogen) atoms. The highest BCUT2D eigenvalue weighted by atomic mass is 79.9. The molecular weight excluding hydrogens is 285 g/mol. The maximum Gasteiger partial charge on any atom is 0.137 e. The Balaban J connectivity index is 2.33. The molecule has 1 aromatic carbocycles. The summed E-state index contributed by atoms with van der Waals surface area (Å²) < 4.78 is 13.7. The topological polar surface area (TPSA) is 50.9 Å². The maximum absolute atomic E-state index is 13.3. The third-order valence-electron chi connectivity index (χ3n) is 2.30. The van der Waals surface area contributed by atoms with E-state index in [9.17, 15) is 4.39 Å². The van der Waals surface area contributed by atoms with Crippen LogP contribution in [0.1, 0.15) is 5.56 Å². The third kappa shape index (κ3) is 2.74. The van der Waals surface area contributed by atoms with Gasteiger partial charge in [-0.1, -0.05) is 6.07 Å². The molecule has 0 bridgehead atoms. The zero-order valence-electron chi connectivity index (χ0n) is 9.17. The van der Waals surface area contributed by atoms with Gasteiger partial charge in [-0.25, -0.2) is 9.37 Å². The Morgan fingerprint density at radius 2 is 2.12 bits per heavy atom. The second-order valence-electron chi connectivity index (χ2n) is 3.65. The van der Waals surface area contributed by atoms with Gasteiger partial charge in [-0.2, -0.15) is 0 Å². The van der Waals surface area contributed by atoms with E-state index in [-0.39, 0.29) is 5.82 Å². The molecule has 2 aromatic rings. The predicted molar refractivity (Wildman–Crippen MR) is 70.8 cm³/mol. The lowest BCUT2D eigenvalue weighted by Gasteiger charge is -2.10. The van der Waals surface area contributed by atoms with Crippen LogP contribution in [0.25, 0.3) is 0 Å². The van der Waals surface area contributed by atoms with Gasteiger partial charge in [0.2, 0.25) is 0 Å². The van der Waals surface area contributed by atoms with E-state index in [1.807, 2.05) is 6.92 Å². The van der Waals surface area contributed by atoms with Gasteiger partial charge in [0, 0.05) is 5.69 Å². The van der Waals surface area contributed by atoms with E-state index in [4.69, 9.17) is 5.73 Å². The molecule has 0 unspecified atom stereocenters. The van der Waals surface area contributed by atoms with Gasteiger partial charge in [0.15, 0.2) is 0 Å². The van der Waals surface area contributed by atoms with Crippen molar-refractivity contribution in [2.45, 2.75) is 6.92 Å². The number of hydrogen-bond acceptors (Lipinski definition) is 3. The molecule has 3 nitrogen and oxygen atoms in total. The Bertz CT molecular complexity index is 557. The van der Waals surface area contributed by atoms with Crippen LogP contribution in [-0.2, 0) is 0 Å². The molecule has 0 aliphatic rings. The van der Waals surface area contributed by atoms with Crippen molar-refractivity contribution in [3.63, 3.8) is 0 Å². The number of halogens is 2. The molecule has 0 fully saturated rings. The van der Waals surface area contributed by atoms with Crippen molar-refractivity contribution < 1.29 is 4.39 Å². The Kier molecular flexibility index (Phi) is 3.28. The van der Waals surface area contributed by atoms with Crippen LogP contribution in [-0.4, -0.2) is 4.98 Å². The average molecular weight is 296 g/mol. The molecule has 2 rings (SSSR count). The summed E-state index contributed by atoms with van der Waals surface area (Å²) in [6, 6.07) is 8.44. The van der Waals surface area contributed by atoms with Crippen molar-refractivity contribution in [2.75, 3.05) is 11.1 Å². The standard InChI is InChI=1S/C12H11BrFN3/c1-7-5-9(14)8(13)6-10(7)16-12-4-2-3-11(15)17-12/h2-6H,1H3,(H3,15,16,17). The summed E-state index contributed by atoms with van der Waals surface area (Å²) in [5.41, 5.74) is 7.17. The lowest BCUT2D eigenvalue weighted by Crippen LogP contribution is -1.98. The average Bonchev–Trinajstić information content (AvgIpc) is 2.26. The van der Waals surface area contributed by atoms with E-state index < -0.39 is 0 Å². The van der Waals surface area contributed by atoms with Gasteiger partial charge >= 0.3 is 0 Å². The molecule has 5 heteroatoms. The first kappa shape index (κ1) is 11.9. The fourth-order valence-electron chi connectivity index (χ4n) is 1.44. The van der Waals surface area contributed by atoms with Crippen LogP contribution in [0.3, 0.4) is 0 Å². The number of nitrogen functional groups attached to an aromatic ring is 1. The van der Waals surface area contributed by atoms with Crippen LogP contribution in [0.2, 0.25) is 0 Å². The highest BCUT2D eigenvalue weighted by molar-refractivity contribution is 9.10. The number of hydrogen-bond donors (Lipinski definition) is 2. The number of nitrogens with two attached hydrogens (primary N) is 1. The number of nitrogens with zero attached hydrogens (tertiary/aromatic N) is 1. The first-order valence-electron chi connectivity index (χ1n) is 5.01. The Morgan fingerprint density at radius 1 is 1.35 bits per heavy atom. The van der Waals surface area contributed by atoms with Crippen molar-refractivity contribution >= 4 is 33.3 Å². The molecule has 1 aromatic heterocycles. The molecule has 1 heterocycles. The van der Waals surface area contributed by atoms with Crippen molar-refractivity contribution in [1.29, 1.82) is 0 Å². The Labute approximate surface area is 107 Å². The SMILES string of the molecule is Cc1cc(F)c(Br)cc1Nc1cccc(N)n1. The summed E-state index contributed by atoms with van der Waals surface area (Å²) in [6.07, 6.45) is 0. The molecule has 3 N–H and O–H groups in total. The number of nitrogens with one attached hydrogen (secondary N) is 1. The minimum absolute atomic E-state index is 0.284. The molecular formula is C12H11BrFN3. The second-order valence-corrected chi connectivity index (χ2v) is 4.51. The van der Waals surface area contributed by atoms with E-state index >= 15 is 0 Å². The zero-order valence-corrected chi connectivity index (χ0v) is 10.8. The minimum atomic E-state index is -0.284. The van der Waals surface area contributed by atoms with Gasteiger partial charge in [0.25, 0.3) is 0 Å². The largest absolute Gasteiger partial charge is 0.384 e. The smallest absolute Gasteiger partial charge is 0.137 e. The second kappa shape index (κ2) is 4.71. The molecule has 0 saturated carbocycles. The lowest BCUT2D eigenvalue weighted by atomic mass is 10.2. The van der Waals surface area contributed by atoms with Gasteiger partial charge in [0.05, 0.1) is 4.47 Å². The van der Waals surface area contributed by atoms with Crippen molar-refractivity contribution in [3.05, 3.63) is 46.2 Å². The number of aryl methyl sites for hydroxylation is 1. The maximum atomic E-state index is 13.3. The van der Waals surface area contributed by atoms with E-state index in [1.54, 1.807) is 24.3 Å². The number of pyridine rings is 1. The van der Waals surface area contributed by atoms with Gasteiger partial charge in [-0.3, -0.25) is 0 Å². The predicted octanol–water partition coefficient (Wildman–Crippen LogP) is 3.62. The highest BCUT2D eigenvalue weighted by Gasteiger charge is 2.06. The van der Waals surface area contributed by atoms with Crippen molar-refractivity contribution in [1.82, 2.24) is 4.98 Å². The van der Waals surface area contributed by atoms with E-state index in [0.717, 1.165) is 11.3 Å². The van der Waals surface area contributed by atoms with Crippen molar-refractivity contribution in [3.8, 4) is 0 Å². The molecule has 0 amide bonds. The van der Waals surface area contributed by atoms with Crippen LogP contribution in [0.15, 0.2) is 34.8 Å². The first-order chi connectivity index (χ1) is 8.06. The molecule has 0 spiro atoms. The molecule has 0 atom stereocenters. The molecule has 0 aliphatic carbocycles. The molecule has 0 radical (unpaired) electrons. The van der Waals surface area contributed by atoms with Crippen LogP contribution in [0.4, 0.5) is 21.7 Å². The quantitative estimate of drug-likeness (QED) is 0.890. The van der Waals surface area contributed by atoms with Crippen molar-refractivity contribution in [2.24, 2.45) is 0 Å². The minimum Gasteiger partial charge on any atom is -0.384 e. The third-order valence-corrected chi connectivity index (χ3v) is 2.91. The zero-order chi connectivity index (χ0) is 12.4. The Morgan fingerprint density at radius 3 is 2.82 bits per heavy atom. The normalized spacial score (nSPS) is 10.3. The van der Waals surface area contributed by atoms with Crippen LogP contribution >= 0.6 is 15.9 Å². The highest BCUT2D eigenvalue weighted by Crippen LogP contribution is 2.26. The van der Waals surface area contributed by atoms with Crippen LogP contribution in [0.5, 0.6) is 0 Å². The summed E-state index contributed by atoms with van der Waals surface area (Å²) >= 11 is 3.15. The van der Waals surface area contributed by atoms with Gasteiger partial charge in [-0.15, -0.1) is 0 Å². The summed E-state index contributed by atoms with van der Waals surface area (Å²) in [7, 11) is 0. The summed E-state index contributed by atoms with van der Waals surface area (Å²) in [6.45, 7) is 1.82. The molecule has 0 aliphatic heterocycles. The fraction of sp³-hybridized carbons (Fsp3) is 0.0833. The van der Waals surface area contributed by atoms with Crippen LogP contribution in [0, 0.1) is 12.7 Å². The lowest BCUT2D eigenvalue weighted by molar-refractivity contribution is 0.620. The molecule has 0 saturated heterocycles. The van der Waals surface area contributed by atoms with E-state index in [1.165, 1.54) is 6.07 Å². The Hall–Kier alpha value is -1.62. The monoisotopic (exact) mass is 295 g/mol.